The van der Waals surface area contributed by atoms with Crippen LogP contribution in [-0.2, 0) is 7.05 Å². The van der Waals surface area contributed by atoms with Crippen LogP contribution >= 0.6 is 0 Å². The van der Waals surface area contributed by atoms with E-state index in [2.05, 4.69) is 27.8 Å². The Kier molecular flexibility index (Phi) is 4.80. The summed E-state index contributed by atoms with van der Waals surface area (Å²) in [5.41, 5.74) is 4.39. The highest BCUT2D eigenvalue weighted by Gasteiger charge is 2.37. The van der Waals surface area contributed by atoms with Crippen molar-refractivity contribution in [2.75, 3.05) is 20.8 Å². The fourth-order valence-electron chi connectivity index (χ4n) is 5.51. The Morgan fingerprint density at radius 3 is 2.97 bits per heavy atom. The first-order chi connectivity index (χ1) is 17.1. The number of rotatable bonds is 5. The summed E-state index contributed by atoms with van der Waals surface area (Å²) < 4.78 is 15.8. The number of pyridine rings is 1. The molecule has 2 aliphatic heterocycles. The first-order valence-electron chi connectivity index (χ1n) is 11.5. The van der Waals surface area contributed by atoms with E-state index in [-0.39, 0.29) is 30.3 Å². The van der Waals surface area contributed by atoms with Crippen LogP contribution in [-0.4, -0.2) is 47.1 Å². The zero-order valence-corrected chi connectivity index (χ0v) is 19.7. The molecule has 35 heavy (non-hydrogen) atoms. The molecule has 6 rings (SSSR count). The van der Waals surface area contributed by atoms with Crippen LogP contribution in [0.2, 0.25) is 0 Å². The number of benzene rings is 1. The van der Waals surface area contributed by atoms with Crippen molar-refractivity contribution in [2.24, 2.45) is 13.0 Å². The fraction of sp³-hybridized carbons (Fsp3) is 0.269. The van der Waals surface area contributed by atoms with Crippen LogP contribution in [0, 0.1) is 11.3 Å². The molecule has 1 aromatic carbocycles. The third-order valence-corrected chi connectivity index (χ3v) is 7.13. The Morgan fingerprint density at radius 2 is 2.20 bits per heavy atom. The van der Waals surface area contributed by atoms with Gasteiger partial charge in [0, 0.05) is 44.1 Å². The van der Waals surface area contributed by atoms with E-state index in [4.69, 9.17) is 14.9 Å². The van der Waals surface area contributed by atoms with Gasteiger partial charge in [-0.05, 0) is 11.8 Å². The van der Waals surface area contributed by atoms with Gasteiger partial charge in [0.1, 0.15) is 18.1 Å². The van der Waals surface area contributed by atoms with Crippen molar-refractivity contribution < 1.29 is 9.47 Å². The third-order valence-electron chi connectivity index (χ3n) is 7.13. The van der Waals surface area contributed by atoms with Gasteiger partial charge in [-0.15, -0.1) is 0 Å². The Bertz CT molecular complexity index is 1570. The summed E-state index contributed by atoms with van der Waals surface area (Å²) in [5.74, 6) is 1.24. The average Bonchev–Trinajstić information content (AvgIpc) is 3.35. The molecule has 3 aromatic rings. The van der Waals surface area contributed by atoms with Crippen molar-refractivity contribution in [3.63, 3.8) is 0 Å². The van der Waals surface area contributed by atoms with Crippen molar-refractivity contribution in [3.8, 4) is 11.5 Å². The number of fused-ring (bicyclic) bond motifs is 1. The van der Waals surface area contributed by atoms with Gasteiger partial charge in [0.05, 0.1) is 52.9 Å². The Labute approximate surface area is 201 Å². The Hall–Kier alpha value is -4.27. The predicted octanol–water partition coefficient (Wildman–Crippen LogP) is 2.64. The molecule has 3 N–H and O–H groups in total. The lowest BCUT2D eigenvalue weighted by atomic mass is 9.87. The molecule has 4 heterocycles. The molecule has 2 aromatic heterocycles. The number of methoxy groups -OCH3 is 1. The maximum atomic E-state index is 13.7. The number of hydrogen-bond acceptors (Lipinski definition) is 7. The van der Waals surface area contributed by atoms with Crippen LogP contribution in [0.1, 0.15) is 11.6 Å². The number of nitrogens with zero attached hydrogens (tertiary/aromatic N) is 3. The smallest absolute Gasteiger partial charge is 0.329 e. The van der Waals surface area contributed by atoms with Gasteiger partial charge >= 0.3 is 5.69 Å². The van der Waals surface area contributed by atoms with E-state index in [1.807, 2.05) is 29.0 Å². The highest BCUT2D eigenvalue weighted by Crippen LogP contribution is 2.46. The molecule has 3 atom stereocenters. The summed E-state index contributed by atoms with van der Waals surface area (Å²) in [6.07, 6.45) is 15.1. The van der Waals surface area contributed by atoms with Crippen molar-refractivity contribution in [3.05, 3.63) is 70.6 Å². The van der Waals surface area contributed by atoms with Crippen LogP contribution in [0.15, 0.2) is 59.3 Å². The molecule has 0 bridgehead atoms. The number of ether oxygens (including phenoxy) is 2. The molecule has 9 nitrogen and oxygen atoms in total. The minimum absolute atomic E-state index is 0.120. The second-order valence-corrected chi connectivity index (χ2v) is 8.87. The second-order valence-electron chi connectivity index (χ2n) is 8.87. The molecular formula is C26H26N6O3. The first-order valence-corrected chi connectivity index (χ1v) is 11.5. The quantitative estimate of drug-likeness (QED) is 0.495. The molecule has 0 spiro atoms. The number of aromatic nitrogens is 3. The van der Waals surface area contributed by atoms with Gasteiger partial charge in [-0.3, -0.25) is 14.1 Å². The van der Waals surface area contributed by atoms with E-state index in [0.717, 1.165) is 22.0 Å². The van der Waals surface area contributed by atoms with E-state index < -0.39 is 0 Å². The van der Waals surface area contributed by atoms with Crippen LogP contribution < -0.4 is 25.8 Å². The lowest BCUT2D eigenvalue weighted by Gasteiger charge is -2.25. The van der Waals surface area contributed by atoms with Gasteiger partial charge in [0.2, 0.25) is 0 Å². The Morgan fingerprint density at radius 1 is 1.37 bits per heavy atom. The third kappa shape index (κ3) is 2.90. The second kappa shape index (κ2) is 7.90. The lowest BCUT2D eigenvalue weighted by Crippen LogP contribution is -2.33. The minimum Gasteiger partial charge on any atom is -0.496 e. The van der Waals surface area contributed by atoms with Gasteiger partial charge in [-0.25, -0.2) is 4.79 Å². The fourth-order valence-corrected chi connectivity index (χ4v) is 5.51. The summed E-state index contributed by atoms with van der Waals surface area (Å²) in [4.78, 5) is 18.3. The van der Waals surface area contributed by atoms with E-state index in [1.165, 1.54) is 6.21 Å². The van der Waals surface area contributed by atoms with Gasteiger partial charge in [0.15, 0.2) is 0 Å². The van der Waals surface area contributed by atoms with E-state index in [1.54, 1.807) is 38.2 Å². The Balaban J connectivity index is 1.68. The number of allylic oxidation sites excluding steroid dienone is 3. The van der Waals surface area contributed by atoms with E-state index >= 15 is 0 Å². The maximum absolute atomic E-state index is 13.7. The van der Waals surface area contributed by atoms with E-state index in [9.17, 15) is 4.79 Å². The van der Waals surface area contributed by atoms with Crippen LogP contribution in [0.25, 0.3) is 27.5 Å². The van der Waals surface area contributed by atoms with E-state index in [0.29, 0.717) is 28.2 Å². The molecule has 0 amide bonds. The van der Waals surface area contributed by atoms with Gasteiger partial charge in [-0.1, -0.05) is 24.3 Å². The summed E-state index contributed by atoms with van der Waals surface area (Å²) in [6, 6.07) is 1.68. The monoisotopic (exact) mass is 470 g/mol. The minimum atomic E-state index is -0.321. The molecule has 1 aliphatic carbocycles. The van der Waals surface area contributed by atoms with Crippen molar-refractivity contribution in [1.82, 2.24) is 24.8 Å². The molecule has 3 aliphatic rings. The largest absolute Gasteiger partial charge is 0.496 e. The first kappa shape index (κ1) is 21.3. The number of hydrogen-bond donors (Lipinski definition) is 3. The lowest BCUT2D eigenvalue weighted by molar-refractivity contribution is 0.268. The molecule has 9 heteroatoms. The number of imidazole rings is 1. The van der Waals surface area contributed by atoms with Crippen LogP contribution in [0.3, 0.4) is 0 Å². The summed E-state index contributed by atoms with van der Waals surface area (Å²) in [7, 11) is 5.14. The average molecular weight is 471 g/mol. The normalized spacial score (nSPS) is 22.5. The zero-order chi connectivity index (χ0) is 24.3. The van der Waals surface area contributed by atoms with Crippen molar-refractivity contribution >= 4 is 33.7 Å². The molecule has 0 saturated heterocycles. The van der Waals surface area contributed by atoms with Crippen molar-refractivity contribution in [1.29, 1.82) is 5.41 Å². The van der Waals surface area contributed by atoms with Crippen LogP contribution in [0.4, 0.5) is 0 Å². The molecule has 3 unspecified atom stereocenters. The summed E-state index contributed by atoms with van der Waals surface area (Å²) in [6.45, 7) is 0.252. The topological polar surface area (TPSA) is 106 Å². The highest BCUT2D eigenvalue weighted by atomic mass is 16.5. The van der Waals surface area contributed by atoms with Crippen LogP contribution in [0.5, 0.6) is 11.5 Å². The molecule has 178 valence electrons. The number of nitrogens with one attached hydrogen (secondary N) is 3. The van der Waals surface area contributed by atoms with Gasteiger partial charge < -0.3 is 25.5 Å². The zero-order valence-electron chi connectivity index (χ0n) is 19.7. The number of aryl methyl sites for hydroxylation is 1. The highest BCUT2D eigenvalue weighted by molar-refractivity contribution is 6.16. The SMILES string of the molecule is CN/C=C(\C=N)c1c(OC)cc2ncc3c4c2c1OCC(C1=CNC2C=CC=CC12)n4c(=O)n3C. The van der Waals surface area contributed by atoms with Gasteiger partial charge in [-0.2, -0.15) is 0 Å². The maximum Gasteiger partial charge on any atom is 0.329 e. The molecule has 0 fully saturated rings. The molecular weight excluding hydrogens is 444 g/mol. The summed E-state index contributed by atoms with van der Waals surface area (Å²) >= 11 is 0. The molecule has 0 saturated carbocycles. The predicted molar refractivity (Wildman–Crippen MR) is 136 cm³/mol. The molecule has 0 radical (unpaired) electrons. The van der Waals surface area contributed by atoms with Crippen molar-refractivity contribution in [2.45, 2.75) is 12.1 Å². The standard InChI is InChI=1S/C26H26N6O3/c1-28-10-14(9-27)22-21(34-3)8-18-23-24-19(12-30-18)31(2)26(33)32(24)20(13-35-25(22)23)16-11-29-17-7-5-4-6-15(16)17/h4-12,15,17,20,27-29H,13H2,1-3H3/b14-10+,27-9?. The summed E-state index contributed by atoms with van der Waals surface area (Å²) in [5, 5.41) is 15.2. The van der Waals surface area contributed by atoms with Gasteiger partial charge in [0.25, 0.3) is 0 Å².